The monoisotopic (exact) mass is 194 g/mol. The average molecular weight is 194 g/mol. The maximum absolute atomic E-state index is 10.6. The van der Waals surface area contributed by atoms with Gasteiger partial charge in [0.1, 0.15) is 5.84 Å². The summed E-state index contributed by atoms with van der Waals surface area (Å²) in [6, 6.07) is 4.42. The molecule has 0 atom stereocenters. The lowest BCUT2D eigenvalue weighted by Gasteiger charge is -2.07. The number of hydrogen-bond donors (Lipinski definition) is 3. The Bertz CT molecular complexity index is 388. The lowest BCUT2D eigenvalue weighted by molar-refractivity contribution is -0.132. The summed E-state index contributed by atoms with van der Waals surface area (Å²) in [7, 11) is 0. The lowest BCUT2D eigenvalue weighted by Crippen LogP contribution is -2.12. The van der Waals surface area contributed by atoms with E-state index in [0.29, 0.717) is 0 Å². The molecule has 0 spiro atoms. The molecule has 5 nitrogen and oxygen atoms in total. The van der Waals surface area contributed by atoms with E-state index in [2.05, 4.69) is 0 Å². The molecule has 0 radical (unpaired) electrons. The summed E-state index contributed by atoms with van der Waals surface area (Å²) >= 11 is 0. The van der Waals surface area contributed by atoms with Gasteiger partial charge in [0.15, 0.2) is 11.5 Å². The fourth-order valence-electron chi connectivity index (χ4n) is 0.977. The summed E-state index contributed by atoms with van der Waals surface area (Å²) in [6.07, 6.45) is 0. The minimum atomic E-state index is -0.541. The summed E-state index contributed by atoms with van der Waals surface area (Å²) in [5, 5.41) is 16.6. The number of carbonyl (C=O) groups excluding carboxylic acids is 1. The molecule has 0 bridgehead atoms. The first kappa shape index (κ1) is 10.0. The van der Waals surface area contributed by atoms with Gasteiger partial charge in [-0.2, -0.15) is 0 Å². The molecule has 1 aromatic rings. The van der Waals surface area contributed by atoms with Gasteiger partial charge in [-0.1, -0.05) is 6.07 Å². The van der Waals surface area contributed by atoms with Gasteiger partial charge in [0.05, 0.1) is 5.56 Å². The number of para-hydroxylation sites is 1. The number of esters is 1. The lowest BCUT2D eigenvalue weighted by atomic mass is 10.1. The number of phenolic OH excluding ortho intramolecular Hbond substituents is 1. The average Bonchev–Trinajstić information content (AvgIpc) is 2.07. The highest BCUT2D eigenvalue weighted by molar-refractivity contribution is 5.98. The van der Waals surface area contributed by atoms with Crippen molar-refractivity contribution in [1.82, 2.24) is 0 Å². The molecule has 5 heteroatoms. The minimum Gasteiger partial charge on any atom is -0.504 e. The molecule has 14 heavy (non-hydrogen) atoms. The van der Waals surface area contributed by atoms with Crippen LogP contribution in [0.1, 0.15) is 12.5 Å². The number of benzene rings is 1. The molecule has 0 heterocycles. The summed E-state index contributed by atoms with van der Waals surface area (Å²) in [5.74, 6) is -1.11. The molecule has 74 valence electrons. The standard InChI is InChI=1S/C9H10N2O3/c1-5(12)14-7-4-2-3-6(8(7)13)9(10)11/h2-4,13H,1H3,(H3,10,11). The zero-order valence-corrected chi connectivity index (χ0v) is 7.57. The van der Waals surface area contributed by atoms with Crippen LogP contribution >= 0.6 is 0 Å². The van der Waals surface area contributed by atoms with Crippen LogP contribution < -0.4 is 10.5 Å². The molecule has 0 aliphatic rings. The van der Waals surface area contributed by atoms with E-state index < -0.39 is 5.97 Å². The molecule has 1 aromatic carbocycles. The van der Waals surface area contributed by atoms with Crippen molar-refractivity contribution in [3.63, 3.8) is 0 Å². The first-order valence-electron chi connectivity index (χ1n) is 3.87. The molecule has 0 fully saturated rings. The Morgan fingerprint density at radius 3 is 2.71 bits per heavy atom. The maximum Gasteiger partial charge on any atom is 0.308 e. The molecule has 1 rings (SSSR count). The Hall–Kier alpha value is -2.04. The quantitative estimate of drug-likeness (QED) is 0.278. The molecule has 0 unspecified atom stereocenters. The predicted molar refractivity (Wildman–Crippen MR) is 50.4 cm³/mol. The highest BCUT2D eigenvalue weighted by Crippen LogP contribution is 2.29. The first-order valence-corrected chi connectivity index (χ1v) is 3.87. The molecule has 0 saturated heterocycles. The number of amidine groups is 1. The first-order chi connectivity index (χ1) is 6.52. The highest BCUT2D eigenvalue weighted by Gasteiger charge is 2.11. The Morgan fingerprint density at radius 1 is 1.57 bits per heavy atom. The third-order valence-electron chi connectivity index (χ3n) is 1.54. The van der Waals surface area contributed by atoms with Crippen molar-refractivity contribution in [3.8, 4) is 11.5 Å². The van der Waals surface area contributed by atoms with Crippen LogP contribution in [-0.2, 0) is 4.79 Å². The molecule has 0 aliphatic heterocycles. The minimum absolute atomic E-state index is 0.00481. The number of aromatic hydroxyl groups is 1. The second-order valence-corrected chi connectivity index (χ2v) is 2.66. The van der Waals surface area contributed by atoms with Gasteiger partial charge in [0, 0.05) is 6.92 Å². The van der Waals surface area contributed by atoms with Crippen molar-refractivity contribution in [2.45, 2.75) is 6.92 Å². The third-order valence-corrected chi connectivity index (χ3v) is 1.54. The van der Waals surface area contributed by atoms with Gasteiger partial charge in [-0.15, -0.1) is 0 Å². The normalized spacial score (nSPS) is 9.50. The van der Waals surface area contributed by atoms with E-state index in [0.717, 1.165) is 0 Å². The molecule has 0 aromatic heterocycles. The second kappa shape index (κ2) is 3.78. The smallest absolute Gasteiger partial charge is 0.308 e. The fraction of sp³-hybridized carbons (Fsp3) is 0.111. The van der Waals surface area contributed by atoms with Crippen LogP contribution in [0.25, 0.3) is 0 Å². The molecular formula is C9H10N2O3. The van der Waals surface area contributed by atoms with Crippen molar-refractivity contribution < 1.29 is 14.6 Å². The van der Waals surface area contributed by atoms with Crippen molar-refractivity contribution in [3.05, 3.63) is 23.8 Å². The summed E-state index contributed by atoms with van der Waals surface area (Å²) in [4.78, 5) is 10.6. The van der Waals surface area contributed by atoms with Crippen LogP contribution in [0.2, 0.25) is 0 Å². The number of phenols is 1. The van der Waals surface area contributed by atoms with Crippen LogP contribution in [0.15, 0.2) is 18.2 Å². The number of rotatable bonds is 2. The van der Waals surface area contributed by atoms with Crippen molar-refractivity contribution in [2.24, 2.45) is 5.73 Å². The number of nitrogens with one attached hydrogen (secondary N) is 1. The summed E-state index contributed by atoms with van der Waals surface area (Å²) < 4.78 is 4.69. The van der Waals surface area contributed by atoms with Crippen LogP contribution in [-0.4, -0.2) is 16.9 Å². The van der Waals surface area contributed by atoms with E-state index in [4.69, 9.17) is 15.9 Å². The highest BCUT2D eigenvalue weighted by atomic mass is 16.5. The molecule has 0 saturated carbocycles. The van der Waals surface area contributed by atoms with Crippen molar-refractivity contribution in [2.75, 3.05) is 0 Å². The van der Waals surface area contributed by atoms with E-state index in [1.165, 1.54) is 25.1 Å². The van der Waals surface area contributed by atoms with Crippen LogP contribution in [0.5, 0.6) is 11.5 Å². The van der Waals surface area contributed by atoms with Gasteiger partial charge in [-0.05, 0) is 12.1 Å². The van der Waals surface area contributed by atoms with Gasteiger partial charge >= 0.3 is 5.97 Å². The van der Waals surface area contributed by atoms with Gasteiger partial charge in [-0.3, -0.25) is 10.2 Å². The van der Waals surface area contributed by atoms with E-state index >= 15 is 0 Å². The van der Waals surface area contributed by atoms with E-state index in [9.17, 15) is 9.90 Å². The third kappa shape index (κ3) is 2.01. The van der Waals surface area contributed by atoms with E-state index in [-0.39, 0.29) is 22.9 Å². The Kier molecular flexibility index (Phi) is 2.71. The van der Waals surface area contributed by atoms with Crippen LogP contribution in [0.3, 0.4) is 0 Å². The number of nitrogen functional groups attached to an aromatic ring is 1. The molecular weight excluding hydrogens is 184 g/mol. The van der Waals surface area contributed by atoms with Crippen LogP contribution in [0.4, 0.5) is 0 Å². The van der Waals surface area contributed by atoms with Gasteiger partial charge in [0.25, 0.3) is 0 Å². The SMILES string of the molecule is CC(=O)Oc1cccc(C(=N)N)c1O. The zero-order valence-electron chi connectivity index (χ0n) is 7.57. The number of nitrogens with two attached hydrogens (primary N) is 1. The van der Waals surface area contributed by atoms with Gasteiger partial charge in [0.2, 0.25) is 0 Å². The second-order valence-electron chi connectivity index (χ2n) is 2.66. The van der Waals surface area contributed by atoms with Gasteiger partial charge < -0.3 is 15.6 Å². The van der Waals surface area contributed by atoms with Crippen molar-refractivity contribution >= 4 is 11.8 Å². The van der Waals surface area contributed by atoms with Gasteiger partial charge in [-0.25, -0.2) is 0 Å². The number of hydrogen-bond acceptors (Lipinski definition) is 4. The Morgan fingerprint density at radius 2 is 2.21 bits per heavy atom. The predicted octanol–water partition coefficient (Wildman–Crippen LogP) is 0.602. The number of ether oxygens (including phenoxy) is 1. The summed E-state index contributed by atoms with van der Waals surface area (Å²) in [6.45, 7) is 1.22. The Labute approximate surface area is 80.6 Å². The molecule has 0 amide bonds. The molecule has 0 aliphatic carbocycles. The van der Waals surface area contributed by atoms with Crippen molar-refractivity contribution in [1.29, 1.82) is 5.41 Å². The molecule has 4 N–H and O–H groups in total. The number of carbonyl (C=O) groups is 1. The van der Waals surface area contributed by atoms with E-state index in [1.54, 1.807) is 0 Å². The van der Waals surface area contributed by atoms with E-state index in [1.807, 2.05) is 0 Å². The van der Waals surface area contributed by atoms with Crippen LogP contribution in [0, 0.1) is 5.41 Å². The summed E-state index contributed by atoms with van der Waals surface area (Å²) in [5.41, 5.74) is 5.34. The maximum atomic E-state index is 10.6. The fourth-order valence-corrected chi connectivity index (χ4v) is 0.977. The largest absolute Gasteiger partial charge is 0.504 e. The topological polar surface area (TPSA) is 96.4 Å². The Balaban J connectivity index is 3.13. The zero-order chi connectivity index (χ0) is 10.7.